The number of fused-ring (bicyclic) bond motifs is 5. The molecule has 0 aromatic heterocycles. The van der Waals surface area contributed by atoms with Crippen LogP contribution >= 0.6 is 0 Å². The van der Waals surface area contributed by atoms with Crippen LogP contribution in [0.2, 0.25) is 0 Å². The van der Waals surface area contributed by atoms with Gasteiger partial charge in [-0.2, -0.15) is 0 Å². The fourth-order valence-electron chi connectivity index (χ4n) is 8.42. The SMILES string of the molecule is C=C(C)[C@H]1CCC2[C@]3(C)CC=C4CC[C@](C)(O)CC[C@]4(C)C3CC[C@@]21C. The molecule has 0 radical (unpaired) electrons. The Morgan fingerprint density at radius 2 is 1.69 bits per heavy atom. The maximum Gasteiger partial charge on any atom is 0.0623 e. The van der Waals surface area contributed by atoms with Gasteiger partial charge < -0.3 is 5.11 Å². The molecule has 0 aliphatic heterocycles. The third-order valence-corrected chi connectivity index (χ3v) is 9.90. The molecule has 1 nitrogen and oxygen atoms in total. The number of rotatable bonds is 1. The second kappa shape index (κ2) is 5.72. The van der Waals surface area contributed by atoms with Crippen LogP contribution in [0, 0.1) is 34.0 Å². The van der Waals surface area contributed by atoms with Crippen molar-refractivity contribution in [2.45, 2.75) is 98.0 Å². The molecule has 4 aliphatic carbocycles. The van der Waals surface area contributed by atoms with E-state index in [9.17, 15) is 5.11 Å². The highest BCUT2D eigenvalue weighted by Gasteiger charge is 2.63. The van der Waals surface area contributed by atoms with Gasteiger partial charge in [-0.15, -0.1) is 0 Å². The average molecular weight is 357 g/mol. The maximum atomic E-state index is 10.7. The lowest BCUT2D eigenvalue weighted by Gasteiger charge is -2.62. The summed E-state index contributed by atoms with van der Waals surface area (Å²) in [6.45, 7) is 16.5. The van der Waals surface area contributed by atoms with E-state index < -0.39 is 5.60 Å². The van der Waals surface area contributed by atoms with Crippen LogP contribution in [0.4, 0.5) is 0 Å². The van der Waals surface area contributed by atoms with Crippen molar-refractivity contribution in [1.82, 2.24) is 0 Å². The molecular formula is C25H40O. The third-order valence-electron chi connectivity index (χ3n) is 9.90. The van der Waals surface area contributed by atoms with Gasteiger partial charge in [-0.25, -0.2) is 0 Å². The van der Waals surface area contributed by atoms with Gasteiger partial charge in [0, 0.05) is 0 Å². The van der Waals surface area contributed by atoms with Gasteiger partial charge in [-0.1, -0.05) is 44.6 Å². The first kappa shape index (κ1) is 18.8. The van der Waals surface area contributed by atoms with E-state index in [0.717, 1.165) is 37.0 Å². The van der Waals surface area contributed by atoms with Crippen molar-refractivity contribution in [2.24, 2.45) is 34.0 Å². The summed E-state index contributed by atoms with van der Waals surface area (Å²) in [5, 5.41) is 10.7. The van der Waals surface area contributed by atoms with E-state index in [1.165, 1.54) is 44.1 Å². The minimum absolute atomic E-state index is 0.302. The number of hydrogen-bond acceptors (Lipinski definition) is 1. The molecular weight excluding hydrogens is 316 g/mol. The van der Waals surface area contributed by atoms with Crippen LogP contribution in [-0.2, 0) is 0 Å². The van der Waals surface area contributed by atoms with E-state index in [1.807, 2.05) is 0 Å². The van der Waals surface area contributed by atoms with Crippen molar-refractivity contribution >= 4 is 0 Å². The van der Waals surface area contributed by atoms with Gasteiger partial charge >= 0.3 is 0 Å². The Bertz CT molecular complexity index is 643. The third kappa shape index (κ3) is 2.45. The minimum atomic E-state index is -0.473. The molecule has 3 saturated carbocycles. The Morgan fingerprint density at radius 3 is 2.38 bits per heavy atom. The van der Waals surface area contributed by atoms with E-state index in [0.29, 0.717) is 16.2 Å². The predicted octanol–water partition coefficient (Wildman–Crippen LogP) is 6.67. The van der Waals surface area contributed by atoms with Crippen LogP contribution in [0.25, 0.3) is 0 Å². The molecule has 0 aromatic carbocycles. The smallest absolute Gasteiger partial charge is 0.0623 e. The van der Waals surface area contributed by atoms with Crippen LogP contribution in [0.3, 0.4) is 0 Å². The van der Waals surface area contributed by atoms with Gasteiger partial charge in [0.15, 0.2) is 0 Å². The zero-order valence-electron chi connectivity index (χ0n) is 17.8. The van der Waals surface area contributed by atoms with Crippen molar-refractivity contribution in [3.05, 3.63) is 23.8 Å². The zero-order valence-corrected chi connectivity index (χ0v) is 17.8. The zero-order chi connectivity index (χ0) is 19.0. The Kier molecular flexibility index (Phi) is 4.14. The second-order valence-corrected chi connectivity index (χ2v) is 11.5. The fraction of sp³-hybridized carbons (Fsp3) is 0.840. The van der Waals surface area contributed by atoms with Crippen LogP contribution < -0.4 is 0 Å². The molecule has 0 spiro atoms. The van der Waals surface area contributed by atoms with Gasteiger partial charge in [0.05, 0.1) is 5.60 Å². The first-order valence-corrected chi connectivity index (χ1v) is 11.1. The van der Waals surface area contributed by atoms with Crippen molar-refractivity contribution in [3.63, 3.8) is 0 Å². The molecule has 0 saturated heterocycles. The summed E-state index contributed by atoms with van der Waals surface area (Å²) < 4.78 is 0. The molecule has 146 valence electrons. The van der Waals surface area contributed by atoms with Crippen molar-refractivity contribution in [2.75, 3.05) is 0 Å². The van der Waals surface area contributed by atoms with Crippen LogP contribution in [0.15, 0.2) is 23.8 Å². The number of aliphatic hydroxyl groups is 1. The molecule has 0 bridgehead atoms. The Balaban J connectivity index is 1.72. The molecule has 3 fully saturated rings. The van der Waals surface area contributed by atoms with Gasteiger partial charge in [0.25, 0.3) is 0 Å². The molecule has 1 N–H and O–H groups in total. The summed E-state index contributed by atoms with van der Waals surface area (Å²) >= 11 is 0. The standard InChI is InChI=1S/C25H40O/c1-17(2)19-7-8-20-24(19,5)14-11-21-23(4)16-15-22(3,26)12-9-18(23)10-13-25(20,21)6/h10,19-21,26H,1,7-9,11-16H2,2-6H3/t19-,20?,21?,22+,23+,24-,25+/m1/s1. The summed E-state index contributed by atoms with van der Waals surface area (Å²) in [5.74, 6) is 2.33. The highest BCUT2D eigenvalue weighted by molar-refractivity contribution is 5.28. The predicted molar refractivity (Wildman–Crippen MR) is 110 cm³/mol. The first-order chi connectivity index (χ1) is 12.0. The Morgan fingerprint density at radius 1 is 0.962 bits per heavy atom. The van der Waals surface area contributed by atoms with Gasteiger partial charge in [0.2, 0.25) is 0 Å². The number of hydrogen-bond donors (Lipinski definition) is 1. The van der Waals surface area contributed by atoms with E-state index >= 15 is 0 Å². The monoisotopic (exact) mass is 356 g/mol. The molecule has 1 heteroatoms. The van der Waals surface area contributed by atoms with Crippen LogP contribution in [0.1, 0.15) is 92.4 Å². The lowest BCUT2D eigenvalue weighted by Crippen LogP contribution is -2.54. The molecule has 4 aliphatic rings. The maximum absolute atomic E-state index is 10.7. The second-order valence-electron chi connectivity index (χ2n) is 11.5. The fourth-order valence-corrected chi connectivity index (χ4v) is 8.42. The largest absolute Gasteiger partial charge is 0.390 e. The lowest BCUT2D eigenvalue weighted by atomic mass is 9.42. The lowest BCUT2D eigenvalue weighted by molar-refractivity contribution is -0.0987. The van der Waals surface area contributed by atoms with E-state index in [4.69, 9.17) is 0 Å². The topological polar surface area (TPSA) is 20.2 Å². The van der Waals surface area contributed by atoms with Gasteiger partial charge in [-0.05, 0) is 106 Å². The van der Waals surface area contributed by atoms with E-state index in [2.05, 4.69) is 47.3 Å². The summed E-state index contributed by atoms with van der Waals surface area (Å²) in [6, 6.07) is 0. The molecule has 0 heterocycles. The summed E-state index contributed by atoms with van der Waals surface area (Å²) in [7, 11) is 0. The molecule has 0 amide bonds. The quantitative estimate of drug-likeness (QED) is 0.520. The Labute approximate surface area is 161 Å². The first-order valence-electron chi connectivity index (χ1n) is 11.1. The highest BCUT2D eigenvalue weighted by atomic mass is 16.3. The van der Waals surface area contributed by atoms with Gasteiger partial charge in [-0.3, -0.25) is 0 Å². The molecule has 0 aromatic rings. The molecule has 4 rings (SSSR count). The molecule has 2 unspecified atom stereocenters. The summed E-state index contributed by atoms with van der Waals surface area (Å²) in [4.78, 5) is 0. The summed E-state index contributed by atoms with van der Waals surface area (Å²) in [5.41, 5.74) is 3.80. The van der Waals surface area contributed by atoms with Crippen molar-refractivity contribution in [1.29, 1.82) is 0 Å². The molecule has 7 atom stereocenters. The average Bonchev–Trinajstić information content (AvgIpc) is 2.85. The highest BCUT2D eigenvalue weighted by Crippen LogP contribution is 2.71. The van der Waals surface area contributed by atoms with Gasteiger partial charge in [0.1, 0.15) is 0 Å². The van der Waals surface area contributed by atoms with E-state index in [1.54, 1.807) is 5.57 Å². The minimum Gasteiger partial charge on any atom is -0.390 e. The Hall–Kier alpha value is -0.560. The van der Waals surface area contributed by atoms with Crippen molar-refractivity contribution in [3.8, 4) is 0 Å². The summed E-state index contributed by atoms with van der Waals surface area (Å²) in [6.07, 6.45) is 13.5. The van der Waals surface area contributed by atoms with E-state index in [-0.39, 0.29) is 0 Å². The molecule has 26 heavy (non-hydrogen) atoms. The van der Waals surface area contributed by atoms with Crippen molar-refractivity contribution < 1.29 is 5.11 Å². The van der Waals surface area contributed by atoms with Crippen LogP contribution in [-0.4, -0.2) is 10.7 Å². The van der Waals surface area contributed by atoms with Crippen LogP contribution in [0.5, 0.6) is 0 Å². The number of allylic oxidation sites excluding steroid dienone is 3. The normalized spacial score (nSPS) is 53.8.